The maximum atomic E-state index is 12.2. The van der Waals surface area contributed by atoms with Crippen LogP contribution < -0.4 is 15.0 Å². The highest BCUT2D eigenvalue weighted by atomic mass is 19.4. The Hall–Kier alpha value is -4.13. The van der Waals surface area contributed by atoms with E-state index in [0.29, 0.717) is 0 Å². The summed E-state index contributed by atoms with van der Waals surface area (Å²) in [6.07, 6.45) is -3.85. The van der Waals surface area contributed by atoms with E-state index in [2.05, 4.69) is 20.0 Å². The quantitative estimate of drug-likeness (QED) is 0.427. The monoisotopic (exact) mass is 393 g/mol. The predicted molar refractivity (Wildman–Crippen MR) is 88.5 cm³/mol. The van der Waals surface area contributed by atoms with Gasteiger partial charge in [-0.2, -0.15) is 10.5 Å². The number of halogens is 3. The van der Waals surface area contributed by atoms with Crippen molar-refractivity contribution in [2.24, 2.45) is 0 Å². The molecule has 0 bridgehead atoms. The maximum Gasteiger partial charge on any atom is 0.573 e. The summed E-state index contributed by atoms with van der Waals surface area (Å²) < 4.78 is 40.3. The van der Waals surface area contributed by atoms with Crippen LogP contribution in [0.2, 0.25) is 0 Å². The van der Waals surface area contributed by atoms with E-state index in [1.54, 1.807) is 12.1 Å². The van der Waals surface area contributed by atoms with Gasteiger partial charge in [-0.25, -0.2) is 9.97 Å². The molecule has 0 unspecified atom stereocenters. The standard InChI is InChI=1S/C15H10F3N7O3/c16-15(17,18)28-11-3-1-10(2-4-11)23-13-12(25(26)27)14(22-9-21-13)24(7-5-19)8-6-20/h1-4,9H,7-8H2,(H,21,22,23). The number of aromatic nitrogens is 2. The molecule has 0 amide bonds. The van der Waals surface area contributed by atoms with Crippen LogP contribution in [0.25, 0.3) is 0 Å². The van der Waals surface area contributed by atoms with E-state index in [-0.39, 0.29) is 30.4 Å². The number of rotatable bonds is 7. The topological polar surface area (TPSA) is 141 Å². The zero-order chi connectivity index (χ0) is 20.7. The highest BCUT2D eigenvalue weighted by Crippen LogP contribution is 2.34. The largest absolute Gasteiger partial charge is 0.573 e. The third-order valence-corrected chi connectivity index (χ3v) is 3.16. The van der Waals surface area contributed by atoms with E-state index in [4.69, 9.17) is 10.5 Å². The molecule has 0 atom stereocenters. The molecule has 1 aromatic heterocycles. The van der Waals surface area contributed by atoms with Crippen molar-refractivity contribution in [3.8, 4) is 17.9 Å². The zero-order valence-corrected chi connectivity index (χ0v) is 13.8. The number of ether oxygens (including phenoxy) is 1. The first-order valence-electron chi connectivity index (χ1n) is 7.36. The summed E-state index contributed by atoms with van der Waals surface area (Å²) in [4.78, 5) is 19.4. The van der Waals surface area contributed by atoms with E-state index < -0.39 is 22.7 Å². The summed E-state index contributed by atoms with van der Waals surface area (Å²) in [5.74, 6) is -0.979. The molecule has 0 saturated heterocycles. The van der Waals surface area contributed by atoms with E-state index >= 15 is 0 Å². The van der Waals surface area contributed by atoms with Crippen LogP contribution in [0.5, 0.6) is 5.75 Å². The molecule has 144 valence electrons. The molecule has 0 aliphatic heterocycles. The summed E-state index contributed by atoms with van der Waals surface area (Å²) >= 11 is 0. The van der Waals surface area contributed by atoms with Crippen LogP contribution in [0.1, 0.15) is 0 Å². The van der Waals surface area contributed by atoms with Gasteiger partial charge in [0.1, 0.15) is 25.2 Å². The lowest BCUT2D eigenvalue weighted by Gasteiger charge is -2.17. The van der Waals surface area contributed by atoms with Crippen molar-refractivity contribution < 1.29 is 22.8 Å². The zero-order valence-electron chi connectivity index (χ0n) is 13.8. The third kappa shape index (κ3) is 5.18. The number of alkyl halides is 3. The molecular weight excluding hydrogens is 383 g/mol. The lowest BCUT2D eigenvalue weighted by atomic mass is 10.3. The van der Waals surface area contributed by atoms with Crippen LogP contribution in [-0.2, 0) is 0 Å². The fourth-order valence-electron chi connectivity index (χ4n) is 2.11. The number of nitriles is 2. The molecular formula is C15H10F3N7O3. The first kappa shape index (κ1) is 20.2. The van der Waals surface area contributed by atoms with Gasteiger partial charge in [0.2, 0.25) is 11.6 Å². The van der Waals surface area contributed by atoms with E-state index in [1.165, 1.54) is 12.1 Å². The van der Waals surface area contributed by atoms with Crippen molar-refractivity contribution in [3.05, 3.63) is 40.7 Å². The van der Waals surface area contributed by atoms with E-state index in [1.807, 2.05) is 0 Å². The highest BCUT2D eigenvalue weighted by Gasteiger charge is 2.31. The van der Waals surface area contributed by atoms with Crippen LogP contribution >= 0.6 is 0 Å². The van der Waals surface area contributed by atoms with Gasteiger partial charge in [-0.1, -0.05) is 0 Å². The molecule has 0 aliphatic carbocycles. The molecule has 2 aromatic rings. The second-order valence-corrected chi connectivity index (χ2v) is 5.02. The number of nitrogens with one attached hydrogen (secondary N) is 1. The second kappa shape index (κ2) is 8.50. The molecule has 1 N–H and O–H groups in total. The lowest BCUT2D eigenvalue weighted by Crippen LogP contribution is -2.26. The molecule has 28 heavy (non-hydrogen) atoms. The van der Waals surface area contributed by atoms with Crippen LogP contribution in [0.4, 0.5) is 36.2 Å². The smallest absolute Gasteiger partial charge is 0.406 e. The summed E-state index contributed by atoms with van der Waals surface area (Å²) in [6.45, 7) is -0.650. The number of benzene rings is 1. The van der Waals surface area contributed by atoms with Gasteiger partial charge in [-0.05, 0) is 24.3 Å². The Bertz CT molecular complexity index is 920. The molecule has 0 saturated carbocycles. The fraction of sp³-hybridized carbons (Fsp3) is 0.200. The summed E-state index contributed by atoms with van der Waals surface area (Å²) in [5, 5.41) is 31.8. The molecule has 13 heteroatoms. The van der Waals surface area contributed by atoms with Gasteiger partial charge in [0.15, 0.2) is 0 Å². The van der Waals surface area contributed by atoms with Crippen molar-refractivity contribution >= 4 is 23.0 Å². The van der Waals surface area contributed by atoms with Crippen molar-refractivity contribution in [1.82, 2.24) is 9.97 Å². The lowest BCUT2D eigenvalue weighted by molar-refractivity contribution is -0.383. The van der Waals surface area contributed by atoms with Gasteiger partial charge in [0, 0.05) is 5.69 Å². The fourth-order valence-corrected chi connectivity index (χ4v) is 2.11. The molecule has 0 fully saturated rings. The van der Waals surface area contributed by atoms with Gasteiger partial charge < -0.3 is 15.0 Å². The minimum Gasteiger partial charge on any atom is -0.406 e. The summed E-state index contributed by atoms with van der Waals surface area (Å²) in [7, 11) is 0. The van der Waals surface area contributed by atoms with Crippen molar-refractivity contribution in [3.63, 3.8) is 0 Å². The molecule has 1 aromatic carbocycles. The number of hydrogen-bond acceptors (Lipinski definition) is 9. The Morgan fingerprint density at radius 2 is 1.79 bits per heavy atom. The average molecular weight is 393 g/mol. The first-order valence-corrected chi connectivity index (χ1v) is 7.36. The number of nitrogens with zero attached hydrogens (tertiary/aromatic N) is 6. The Morgan fingerprint density at radius 3 is 2.29 bits per heavy atom. The minimum atomic E-state index is -4.85. The van der Waals surface area contributed by atoms with Crippen LogP contribution in [0.15, 0.2) is 30.6 Å². The SMILES string of the molecule is N#CCN(CC#N)c1ncnc(Nc2ccc(OC(F)(F)F)cc2)c1[N+](=O)[O-]. The molecule has 0 aliphatic rings. The highest BCUT2D eigenvalue weighted by molar-refractivity contribution is 5.74. The first-order chi connectivity index (χ1) is 13.2. The van der Waals surface area contributed by atoms with Gasteiger partial charge in [0.25, 0.3) is 0 Å². The Labute approximate surface area is 155 Å². The van der Waals surface area contributed by atoms with Crippen LogP contribution in [0, 0.1) is 32.8 Å². The molecule has 10 nitrogen and oxygen atoms in total. The van der Waals surface area contributed by atoms with Crippen LogP contribution in [0.3, 0.4) is 0 Å². The normalized spacial score (nSPS) is 10.5. The Balaban J connectivity index is 2.36. The van der Waals surface area contributed by atoms with Gasteiger partial charge in [0.05, 0.1) is 17.1 Å². The molecule has 0 radical (unpaired) electrons. The summed E-state index contributed by atoms with van der Waals surface area (Å²) in [5.41, 5.74) is -0.405. The van der Waals surface area contributed by atoms with Crippen molar-refractivity contribution in [2.45, 2.75) is 6.36 Å². The number of hydrogen-bond donors (Lipinski definition) is 1. The third-order valence-electron chi connectivity index (χ3n) is 3.16. The summed E-state index contributed by atoms with van der Waals surface area (Å²) in [6, 6.07) is 7.99. The molecule has 0 spiro atoms. The van der Waals surface area contributed by atoms with E-state index in [0.717, 1.165) is 23.4 Å². The Kier molecular flexibility index (Phi) is 6.13. The van der Waals surface area contributed by atoms with Crippen molar-refractivity contribution in [1.29, 1.82) is 10.5 Å². The average Bonchev–Trinajstić information content (AvgIpc) is 2.61. The molecule has 2 rings (SSSR count). The molecule has 1 heterocycles. The second-order valence-electron chi connectivity index (χ2n) is 5.02. The predicted octanol–water partition coefficient (Wildman–Crippen LogP) is 2.88. The van der Waals surface area contributed by atoms with Gasteiger partial charge in [-0.3, -0.25) is 10.1 Å². The number of nitro groups is 1. The van der Waals surface area contributed by atoms with E-state index in [9.17, 15) is 23.3 Å². The Morgan fingerprint density at radius 1 is 1.18 bits per heavy atom. The minimum absolute atomic E-state index is 0.189. The van der Waals surface area contributed by atoms with Crippen LogP contribution in [-0.4, -0.2) is 34.3 Å². The number of anilines is 3. The van der Waals surface area contributed by atoms with Gasteiger partial charge >= 0.3 is 12.0 Å². The van der Waals surface area contributed by atoms with Crippen molar-refractivity contribution in [2.75, 3.05) is 23.3 Å². The van der Waals surface area contributed by atoms with Gasteiger partial charge in [-0.15, -0.1) is 13.2 Å². The maximum absolute atomic E-state index is 12.2.